The molecule has 2 aromatic carbocycles. The normalized spacial score (nSPS) is 18.3. The average Bonchev–Trinajstić information content (AvgIpc) is 2.89. The predicted octanol–water partition coefficient (Wildman–Crippen LogP) is 3.52. The Balaban J connectivity index is 1.79. The van der Waals surface area contributed by atoms with Crippen molar-refractivity contribution in [1.82, 2.24) is 5.43 Å². The van der Waals surface area contributed by atoms with Gasteiger partial charge in [-0.15, -0.1) is 0 Å². The molecule has 1 N–H and O–H groups in total. The first-order chi connectivity index (χ1) is 8.83. The van der Waals surface area contributed by atoms with E-state index in [1.54, 1.807) is 17.8 Å². The van der Waals surface area contributed by atoms with Crippen LogP contribution >= 0.6 is 11.8 Å². The van der Waals surface area contributed by atoms with Gasteiger partial charge in [-0.25, -0.2) is 4.39 Å². The third-order valence-corrected chi connectivity index (χ3v) is 3.85. The van der Waals surface area contributed by atoms with Crippen LogP contribution in [0.1, 0.15) is 16.5 Å². The lowest BCUT2D eigenvalue weighted by Crippen LogP contribution is -2.05. The minimum absolute atomic E-state index is 0.101. The molecule has 1 aliphatic rings. The Morgan fingerprint density at radius 1 is 1.06 bits per heavy atom. The van der Waals surface area contributed by atoms with E-state index in [1.165, 1.54) is 12.1 Å². The fourth-order valence-electron chi connectivity index (χ4n) is 1.81. The minimum atomic E-state index is -0.237. The molecule has 0 fully saturated rings. The maximum atomic E-state index is 13.2. The Hall–Kier alpha value is -1.81. The lowest BCUT2D eigenvalue weighted by Gasteiger charge is -2.08. The van der Waals surface area contributed by atoms with Crippen molar-refractivity contribution in [1.29, 1.82) is 0 Å². The summed E-state index contributed by atoms with van der Waals surface area (Å²) in [5.74, 6) is -0.237. The quantitative estimate of drug-likeness (QED) is 0.891. The third-order valence-electron chi connectivity index (χ3n) is 2.69. The van der Waals surface area contributed by atoms with Crippen molar-refractivity contribution >= 4 is 16.8 Å². The van der Waals surface area contributed by atoms with Crippen molar-refractivity contribution in [2.24, 2.45) is 5.10 Å². The summed E-state index contributed by atoms with van der Waals surface area (Å²) in [6.45, 7) is 0. The highest BCUT2D eigenvalue weighted by atomic mass is 32.2. The van der Waals surface area contributed by atoms with Gasteiger partial charge in [0.05, 0.1) is 0 Å². The van der Waals surface area contributed by atoms with Crippen LogP contribution < -0.4 is 5.43 Å². The van der Waals surface area contributed by atoms with Gasteiger partial charge >= 0.3 is 0 Å². The summed E-state index contributed by atoms with van der Waals surface area (Å²) in [5.41, 5.74) is 5.04. The van der Waals surface area contributed by atoms with Crippen molar-refractivity contribution in [2.45, 2.75) is 5.37 Å². The van der Waals surface area contributed by atoms with Crippen LogP contribution in [0.25, 0.3) is 0 Å². The van der Waals surface area contributed by atoms with E-state index >= 15 is 0 Å². The SMILES string of the molecule is Fc1cccc(C2=NNC(c3ccccc3)S2)c1. The summed E-state index contributed by atoms with van der Waals surface area (Å²) >= 11 is 1.60. The lowest BCUT2D eigenvalue weighted by atomic mass is 10.2. The smallest absolute Gasteiger partial charge is 0.126 e. The molecule has 18 heavy (non-hydrogen) atoms. The highest BCUT2D eigenvalue weighted by molar-refractivity contribution is 8.14. The fourth-order valence-corrected chi connectivity index (χ4v) is 2.80. The number of hydrazone groups is 1. The summed E-state index contributed by atoms with van der Waals surface area (Å²) in [6.07, 6.45) is 0. The van der Waals surface area contributed by atoms with E-state index in [1.807, 2.05) is 24.3 Å². The maximum Gasteiger partial charge on any atom is 0.126 e. The number of hydrogen-bond acceptors (Lipinski definition) is 3. The first-order valence-corrected chi connectivity index (χ1v) is 6.52. The summed E-state index contributed by atoms with van der Waals surface area (Å²) < 4.78 is 13.2. The number of halogens is 1. The van der Waals surface area contributed by atoms with E-state index in [-0.39, 0.29) is 11.2 Å². The Morgan fingerprint density at radius 2 is 1.89 bits per heavy atom. The van der Waals surface area contributed by atoms with Gasteiger partial charge in [0.25, 0.3) is 0 Å². The molecular formula is C14H11FN2S. The van der Waals surface area contributed by atoms with Crippen molar-refractivity contribution in [2.75, 3.05) is 0 Å². The molecule has 1 heterocycles. The highest BCUT2D eigenvalue weighted by Gasteiger charge is 2.21. The van der Waals surface area contributed by atoms with Crippen LogP contribution in [-0.2, 0) is 0 Å². The van der Waals surface area contributed by atoms with Gasteiger partial charge in [-0.2, -0.15) is 5.10 Å². The van der Waals surface area contributed by atoms with E-state index in [4.69, 9.17) is 0 Å². The second-order valence-corrected chi connectivity index (χ2v) is 5.06. The first-order valence-electron chi connectivity index (χ1n) is 5.64. The molecule has 90 valence electrons. The van der Waals surface area contributed by atoms with E-state index in [9.17, 15) is 4.39 Å². The summed E-state index contributed by atoms with van der Waals surface area (Å²) in [4.78, 5) is 0. The zero-order valence-electron chi connectivity index (χ0n) is 9.51. The van der Waals surface area contributed by atoms with Crippen LogP contribution in [0.3, 0.4) is 0 Å². The number of rotatable bonds is 2. The minimum Gasteiger partial charge on any atom is -0.291 e. The highest BCUT2D eigenvalue weighted by Crippen LogP contribution is 2.33. The molecular weight excluding hydrogens is 247 g/mol. The Bertz CT molecular complexity index is 583. The molecule has 1 aliphatic heterocycles. The van der Waals surface area contributed by atoms with E-state index < -0.39 is 0 Å². The second-order valence-electron chi connectivity index (χ2n) is 3.96. The number of hydrogen-bond donors (Lipinski definition) is 1. The monoisotopic (exact) mass is 258 g/mol. The molecule has 1 unspecified atom stereocenters. The predicted molar refractivity (Wildman–Crippen MR) is 72.8 cm³/mol. The molecule has 0 bridgehead atoms. The van der Waals surface area contributed by atoms with Gasteiger partial charge in [0, 0.05) is 5.56 Å². The largest absolute Gasteiger partial charge is 0.291 e. The summed E-state index contributed by atoms with van der Waals surface area (Å²) in [6, 6.07) is 16.6. The number of benzene rings is 2. The molecule has 0 amide bonds. The third kappa shape index (κ3) is 2.24. The molecule has 4 heteroatoms. The number of thioether (sulfide) groups is 1. The second kappa shape index (κ2) is 4.82. The molecule has 3 rings (SSSR count). The zero-order valence-corrected chi connectivity index (χ0v) is 10.3. The molecule has 1 atom stereocenters. The van der Waals surface area contributed by atoms with Gasteiger partial charge in [0.1, 0.15) is 16.2 Å². The first kappa shape index (κ1) is 11.3. The van der Waals surface area contributed by atoms with Gasteiger partial charge < -0.3 is 0 Å². The molecule has 0 radical (unpaired) electrons. The van der Waals surface area contributed by atoms with Gasteiger partial charge in [-0.05, 0) is 17.7 Å². The van der Waals surface area contributed by atoms with Gasteiger partial charge in [-0.1, -0.05) is 54.2 Å². The van der Waals surface area contributed by atoms with Crippen LogP contribution in [0.5, 0.6) is 0 Å². The van der Waals surface area contributed by atoms with Crippen molar-refractivity contribution in [3.05, 3.63) is 71.5 Å². The topological polar surface area (TPSA) is 24.4 Å². The maximum absolute atomic E-state index is 13.2. The Morgan fingerprint density at radius 3 is 2.67 bits per heavy atom. The van der Waals surface area contributed by atoms with Crippen LogP contribution in [-0.4, -0.2) is 5.04 Å². The van der Waals surface area contributed by atoms with Gasteiger partial charge in [-0.3, -0.25) is 5.43 Å². The van der Waals surface area contributed by atoms with Gasteiger partial charge in [0.15, 0.2) is 0 Å². The average molecular weight is 258 g/mol. The van der Waals surface area contributed by atoms with Gasteiger partial charge in [0.2, 0.25) is 0 Å². The molecule has 0 spiro atoms. The standard InChI is InChI=1S/C14H11FN2S/c15-12-8-4-7-11(9-12)14-17-16-13(18-14)10-5-2-1-3-6-10/h1-9,13,16H. The number of nitrogens with zero attached hydrogens (tertiary/aromatic N) is 1. The van der Waals surface area contributed by atoms with Crippen LogP contribution in [0, 0.1) is 5.82 Å². The van der Waals surface area contributed by atoms with Crippen molar-refractivity contribution in [3.8, 4) is 0 Å². The zero-order chi connectivity index (χ0) is 12.4. The molecule has 2 nitrogen and oxygen atoms in total. The molecule has 0 saturated heterocycles. The van der Waals surface area contributed by atoms with Crippen molar-refractivity contribution < 1.29 is 4.39 Å². The molecule has 0 saturated carbocycles. The molecule has 0 aromatic heterocycles. The Labute approximate surface area is 109 Å². The molecule has 0 aliphatic carbocycles. The van der Waals surface area contributed by atoms with E-state index in [0.29, 0.717) is 0 Å². The summed E-state index contributed by atoms with van der Waals surface area (Å²) in [7, 11) is 0. The summed E-state index contributed by atoms with van der Waals surface area (Å²) in [5, 5.41) is 5.19. The number of nitrogens with one attached hydrogen (secondary N) is 1. The van der Waals surface area contributed by atoms with E-state index in [0.717, 1.165) is 16.2 Å². The van der Waals surface area contributed by atoms with Crippen LogP contribution in [0.15, 0.2) is 59.7 Å². The Kier molecular flexibility index (Phi) is 3.02. The fraction of sp³-hybridized carbons (Fsp3) is 0.0714. The lowest BCUT2D eigenvalue weighted by molar-refractivity contribution is 0.627. The van der Waals surface area contributed by atoms with Crippen LogP contribution in [0.4, 0.5) is 4.39 Å². The van der Waals surface area contributed by atoms with Crippen LogP contribution in [0.2, 0.25) is 0 Å². The molecule has 2 aromatic rings. The van der Waals surface area contributed by atoms with E-state index in [2.05, 4.69) is 22.7 Å². The van der Waals surface area contributed by atoms with Crippen molar-refractivity contribution in [3.63, 3.8) is 0 Å².